The molecule has 1 nitrogen and oxygen atoms in total. The highest BCUT2D eigenvalue weighted by Gasteiger charge is 2.28. The smallest absolute Gasteiger partial charge is 0.0136 e. The summed E-state index contributed by atoms with van der Waals surface area (Å²) in [6, 6.07) is 3.08. The maximum Gasteiger partial charge on any atom is 0.0136 e. The molecule has 1 aromatic rings. The Morgan fingerprint density at radius 2 is 2.21 bits per heavy atom. The van der Waals surface area contributed by atoms with Gasteiger partial charge in [0.15, 0.2) is 0 Å². The molecule has 2 unspecified atom stereocenters. The summed E-state index contributed by atoms with van der Waals surface area (Å²) in [7, 11) is 0. The zero-order chi connectivity index (χ0) is 13.7. The largest absolute Gasteiger partial charge is 0.313 e. The fourth-order valence-corrected chi connectivity index (χ4v) is 4.22. The normalized spacial score (nSPS) is 20.5. The van der Waals surface area contributed by atoms with Crippen molar-refractivity contribution in [1.29, 1.82) is 0 Å². The standard InChI is InChI=1S/C17H29NS/c1-4-11-18-16(9-8-13(2)3)14-6-5-7-17-15(14)10-12-19-17/h10,12-14,16,18H,4-9,11H2,1-3H3. The summed E-state index contributed by atoms with van der Waals surface area (Å²) in [4.78, 5) is 1.66. The zero-order valence-electron chi connectivity index (χ0n) is 12.7. The Morgan fingerprint density at radius 1 is 1.37 bits per heavy atom. The second kappa shape index (κ2) is 7.44. The molecular formula is C17H29NS. The van der Waals surface area contributed by atoms with Crippen molar-refractivity contribution in [3.05, 3.63) is 21.9 Å². The van der Waals surface area contributed by atoms with Crippen molar-refractivity contribution < 1.29 is 0 Å². The first kappa shape index (κ1) is 15.1. The number of rotatable bonds is 7. The number of thiophene rings is 1. The van der Waals surface area contributed by atoms with Gasteiger partial charge in [-0.05, 0) is 68.0 Å². The van der Waals surface area contributed by atoms with E-state index in [1.165, 1.54) is 45.1 Å². The number of hydrogen-bond donors (Lipinski definition) is 1. The molecule has 2 rings (SSSR count). The minimum absolute atomic E-state index is 0.691. The highest BCUT2D eigenvalue weighted by atomic mass is 32.1. The molecule has 0 amide bonds. The molecule has 0 saturated heterocycles. The van der Waals surface area contributed by atoms with E-state index in [2.05, 4.69) is 37.5 Å². The van der Waals surface area contributed by atoms with Crippen molar-refractivity contribution in [1.82, 2.24) is 5.32 Å². The van der Waals surface area contributed by atoms with Gasteiger partial charge in [0.25, 0.3) is 0 Å². The van der Waals surface area contributed by atoms with Gasteiger partial charge in [-0.25, -0.2) is 0 Å². The molecule has 1 aromatic heterocycles. The van der Waals surface area contributed by atoms with E-state index in [1.54, 1.807) is 10.4 Å². The predicted molar refractivity (Wildman–Crippen MR) is 86.2 cm³/mol. The van der Waals surface area contributed by atoms with Crippen LogP contribution in [0.25, 0.3) is 0 Å². The Labute approximate surface area is 122 Å². The third-order valence-electron chi connectivity index (χ3n) is 4.30. The molecule has 1 aliphatic carbocycles. The van der Waals surface area contributed by atoms with Gasteiger partial charge in [-0.15, -0.1) is 11.3 Å². The predicted octanol–water partition coefficient (Wildman–Crippen LogP) is 4.97. The Balaban J connectivity index is 2.05. The van der Waals surface area contributed by atoms with Crippen LogP contribution < -0.4 is 5.32 Å². The van der Waals surface area contributed by atoms with Crippen LogP contribution in [-0.2, 0) is 6.42 Å². The van der Waals surface area contributed by atoms with Crippen molar-refractivity contribution in [2.45, 2.75) is 71.3 Å². The summed E-state index contributed by atoms with van der Waals surface area (Å²) in [5, 5.41) is 6.12. The van der Waals surface area contributed by atoms with Gasteiger partial charge >= 0.3 is 0 Å². The van der Waals surface area contributed by atoms with E-state index in [0.717, 1.165) is 11.8 Å². The van der Waals surface area contributed by atoms with Crippen molar-refractivity contribution in [3.8, 4) is 0 Å². The molecule has 19 heavy (non-hydrogen) atoms. The number of fused-ring (bicyclic) bond motifs is 1. The van der Waals surface area contributed by atoms with Crippen LogP contribution in [0.5, 0.6) is 0 Å². The first-order valence-corrected chi connectivity index (χ1v) is 8.90. The second-order valence-electron chi connectivity index (χ2n) is 6.33. The zero-order valence-corrected chi connectivity index (χ0v) is 13.6. The lowest BCUT2D eigenvalue weighted by atomic mass is 9.80. The third kappa shape index (κ3) is 4.06. The van der Waals surface area contributed by atoms with E-state index >= 15 is 0 Å². The minimum Gasteiger partial charge on any atom is -0.313 e. The minimum atomic E-state index is 0.691. The molecule has 0 aromatic carbocycles. The highest BCUT2D eigenvalue weighted by Crippen LogP contribution is 2.38. The summed E-state index contributed by atoms with van der Waals surface area (Å²) in [5.74, 6) is 1.58. The fraction of sp³-hybridized carbons (Fsp3) is 0.765. The van der Waals surface area contributed by atoms with Crippen LogP contribution in [0.3, 0.4) is 0 Å². The van der Waals surface area contributed by atoms with Gasteiger partial charge in [0.05, 0.1) is 0 Å². The van der Waals surface area contributed by atoms with E-state index < -0.39 is 0 Å². The number of nitrogens with one attached hydrogen (secondary N) is 1. The second-order valence-corrected chi connectivity index (χ2v) is 7.33. The maximum absolute atomic E-state index is 3.83. The van der Waals surface area contributed by atoms with Crippen LogP contribution in [-0.4, -0.2) is 12.6 Å². The number of aryl methyl sites for hydroxylation is 1. The molecule has 0 fully saturated rings. The SMILES string of the molecule is CCCNC(CCC(C)C)C1CCCc2sccc21. The lowest BCUT2D eigenvalue weighted by Gasteiger charge is -2.32. The molecule has 0 bridgehead atoms. The fourth-order valence-electron chi connectivity index (χ4n) is 3.23. The van der Waals surface area contributed by atoms with Gasteiger partial charge in [0.1, 0.15) is 0 Å². The molecule has 2 atom stereocenters. The molecular weight excluding hydrogens is 250 g/mol. The first-order valence-electron chi connectivity index (χ1n) is 8.02. The van der Waals surface area contributed by atoms with E-state index in [-0.39, 0.29) is 0 Å². The molecule has 0 saturated carbocycles. The molecule has 1 N–H and O–H groups in total. The quantitative estimate of drug-likeness (QED) is 0.743. The van der Waals surface area contributed by atoms with Gasteiger partial charge in [0.2, 0.25) is 0 Å². The van der Waals surface area contributed by atoms with Crippen LogP contribution in [0.15, 0.2) is 11.4 Å². The lowest BCUT2D eigenvalue weighted by molar-refractivity contribution is 0.351. The van der Waals surface area contributed by atoms with Crippen LogP contribution in [0.1, 0.15) is 69.2 Å². The third-order valence-corrected chi connectivity index (χ3v) is 5.29. The van der Waals surface area contributed by atoms with E-state index in [4.69, 9.17) is 0 Å². The molecule has 0 radical (unpaired) electrons. The van der Waals surface area contributed by atoms with Crippen molar-refractivity contribution in [3.63, 3.8) is 0 Å². The average molecular weight is 279 g/mol. The van der Waals surface area contributed by atoms with Gasteiger partial charge < -0.3 is 5.32 Å². The monoisotopic (exact) mass is 279 g/mol. The van der Waals surface area contributed by atoms with Gasteiger partial charge in [-0.2, -0.15) is 0 Å². The lowest BCUT2D eigenvalue weighted by Crippen LogP contribution is -2.37. The number of hydrogen-bond acceptors (Lipinski definition) is 2. The Bertz CT molecular complexity index is 369. The van der Waals surface area contributed by atoms with Crippen LogP contribution in [0.4, 0.5) is 0 Å². The molecule has 1 heterocycles. The van der Waals surface area contributed by atoms with E-state index in [9.17, 15) is 0 Å². The van der Waals surface area contributed by atoms with Gasteiger partial charge in [-0.1, -0.05) is 20.8 Å². The highest BCUT2D eigenvalue weighted by molar-refractivity contribution is 7.10. The summed E-state index contributed by atoms with van der Waals surface area (Å²) in [6.07, 6.45) is 7.98. The Hall–Kier alpha value is -0.340. The average Bonchev–Trinajstić information content (AvgIpc) is 2.87. The first-order chi connectivity index (χ1) is 9.22. The molecule has 0 spiro atoms. The Morgan fingerprint density at radius 3 is 2.95 bits per heavy atom. The summed E-state index contributed by atoms with van der Waals surface area (Å²) in [5.41, 5.74) is 1.66. The van der Waals surface area contributed by atoms with Crippen LogP contribution in [0, 0.1) is 5.92 Å². The van der Waals surface area contributed by atoms with E-state index in [1.807, 2.05) is 11.3 Å². The van der Waals surface area contributed by atoms with Crippen molar-refractivity contribution >= 4 is 11.3 Å². The Kier molecular flexibility index (Phi) is 5.90. The maximum atomic E-state index is 3.83. The molecule has 0 aliphatic heterocycles. The summed E-state index contributed by atoms with van der Waals surface area (Å²) in [6.45, 7) is 8.11. The van der Waals surface area contributed by atoms with E-state index in [0.29, 0.717) is 6.04 Å². The van der Waals surface area contributed by atoms with Crippen LogP contribution >= 0.6 is 11.3 Å². The molecule has 108 valence electrons. The molecule has 2 heteroatoms. The summed E-state index contributed by atoms with van der Waals surface area (Å²) < 4.78 is 0. The molecule has 1 aliphatic rings. The summed E-state index contributed by atoms with van der Waals surface area (Å²) >= 11 is 1.97. The van der Waals surface area contributed by atoms with Gasteiger partial charge in [-0.3, -0.25) is 0 Å². The topological polar surface area (TPSA) is 12.0 Å². The van der Waals surface area contributed by atoms with Crippen LogP contribution in [0.2, 0.25) is 0 Å². The van der Waals surface area contributed by atoms with Crippen molar-refractivity contribution in [2.24, 2.45) is 5.92 Å². The van der Waals surface area contributed by atoms with Crippen molar-refractivity contribution in [2.75, 3.05) is 6.54 Å². The van der Waals surface area contributed by atoms with Gasteiger partial charge in [0, 0.05) is 16.8 Å².